The van der Waals surface area contributed by atoms with Crippen molar-refractivity contribution in [3.05, 3.63) is 104 Å². The summed E-state index contributed by atoms with van der Waals surface area (Å²) in [5.74, 6) is -2.59. The number of nitrogens with zero attached hydrogens (tertiary/aromatic N) is 5. The summed E-state index contributed by atoms with van der Waals surface area (Å²) in [7, 11) is 1.19. The standard InChI is InChI=1S/C27H24ClFN6O8/c1-15(23(36)40-2)31-19-11-12-35(26(39)32-19)22-20(29)21(42-25(38)16-7-4-3-5-8-16)27(43-22,33-34-30)14-41-24(37)17-9-6-10-18(28)13-17/h3-13,15,20-22H,14H2,1-2H3,(H,31,32,39)/t15?,20-,21?,22?,27+/m0/s1. The van der Waals surface area contributed by atoms with Crippen LogP contribution in [-0.4, -0.2) is 65.2 Å². The maximum Gasteiger partial charge on any atom is 0.351 e. The number of ether oxygens (including phenoxy) is 4. The lowest BCUT2D eigenvalue weighted by Crippen LogP contribution is -2.47. The molecule has 1 aliphatic rings. The van der Waals surface area contributed by atoms with Crippen LogP contribution in [0, 0.1) is 0 Å². The lowest BCUT2D eigenvalue weighted by molar-refractivity contribution is -0.141. The number of methoxy groups -OCH3 is 1. The van der Waals surface area contributed by atoms with E-state index in [1.807, 2.05) is 0 Å². The minimum Gasteiger partial charge on any atom is -0.467 e. The second kappa shape index (κ2) is 13.3. The Hall–Kier alpha value is -4.98. The van der Waals surface area contributed by atoms with Crippen molar-refractivity contribution in [2.75, 3.05) is 19.0 Å². The van der Waals surface area contributed by atoms with Gasteiger partial charge >= 0.3 is 23.6 Å². The lowest BCUT2D eigenvalue weighted by Gasteiger charge is -2.28. The average molecular weight is 615 g/mol. The zero-order valence-electron chi connectivity index (χ0n) is 22.6. The summed E-state index contributed by atoms with van der Waals surface area (Å²) in [5, 5.41) is 6.45. The third-order valence-corrected chi connectivity index (χ3v) is 6.52. The molecule has 0 amide bonds. The first-order valence-corrected chi connectivity index (χ1v) is 13.0. The van der Waals surface area contributed by atoms with Crippen molar-refractivity contribution in [3.63, 3.8) is 0 Å². The van der Waals surface area contributed by atoms with E-state index in [0.29, 0.717) is 0 Å². The van der Waals surface area contributed by atoms with Gasteiger partial charge in [0.05, 0.1) is 18.2 Å². The van der Waals surface area contributed by atoms with Crippen molar-refractivity contribution < 1.29 is 37.7 Å². The van der Waals surface area contributed by atoms with Gasteiger partial charge in [-0.3, -0.25) is 4.57 Å². The predicted molar refractivity (Wildman–Crippen MR) is 148 cm³/mol. The Labute approximate surface area is 247 Å². The molecule has 2 aromatic carbocycles. The highest BCUT2D eigenvalue weighted by Gasteiger charge is 2.60. The van der Waals surface area contributed by atoms with Gasteiger partial charge in [-0.1, -0.05) is 41.0 Å². The van der Waals surface area contributed by atoms with Crippen molar-refractivity contribution in [2.24, 2.45) is 5.11 Å². The molecule has 1 aliphatic heterocycles. The number of hydrogen-bond acceptors (Lipinski definition) is 11. The van der Waals surface area contributed by atoms with Crippen LogP contribution in [0.25, 0.3) is 10.4 Å². The van der Waals surface area contributed by atoms with Crippen LogP contribution < -0.4 is 11.0 Å². The van der Waals surface area contributed by atoms with Crippen LogP contribution in [0.4, 0.5) is 10.2 Å². The number of rotatable bonds is 10. The second-order valence-electron chi connectivity index (χ2n) is 9.16. The fourth-order valence-electron chi connectivity index (χ4n) is 4.18. The van der Waals surface area contributed by atoms with Crippen LogP contribution in [0.5, 0.6) is 0 Å². The zero-order chi connectivity index (χ0) is 31.1. The van der Waals surface area contributed by atoms with Crippen LogP contribution >= 0.6 is 11.6 Å². The predicted octanol–water partition coefficient (Wildman–Crippen LogP) is 3.83. The Bertz CT molecular complexity index is 1620. The number of anilines is 1. The fourth-order valence-corrected chi connectivity index (χ4v) is 4.37. The largest absolute Gasteiger partial charge is 0.467 e. The molecular weight excluding hydrogens is 591 g/mol. The molecule has 16 heteroatoms. The fraction of sp³-hybridized carbons (Fsp3) is 0.296. The van der Waals surface area contributed by atoms with Crippen molar-refractivity contribution in [2.45, 2.75) is 37.2 Å². The molecule has 4 rings (SSSR count). The molecule has 14 nitrogen and oxygen atoms in total. The number of halogens is 2. The van der Waals surface area contributed by atoms with Crippen LogP contribution in [0.1, 0.15) is 33.9 Å². The number of benzene rings is 2. The highest BCUT2D eigenvalue weighted by molar-refractivity contribution is 6.30. The maximum atomic E-state index is 16.2. The molecule has 1 aromatic heterocycles. The highest BCUT2D eigenvalue weighted by Crippen LogP contribution is 2.42. The highest BCUT2D eigenvalue weighted by atomic mass is 35.5. The van der Waals surface area contributed by atoms with Gasteiger partial charge in [0.15, 0.2) is 18.5 Å². The van der Waals surface area contributed by atoms with Gasteiger partial charge in [-0.15, -0.1) is 0 Å². The molecule has 224 valence electrons. The summed E-state index contributed by atoms with van der Waals surface area (Å²) >= 11 is 5.94. The Kier molecular flexibility index (Phi) is 9.60. The van der Waals surface area contributed by atoms with E-state index in [1.54, 1.807) is 18.2 Å². The first-order valence-electron chi connectivity index (χ1n) is 12.6. The second-order valence-corrected chi connectivity index (χ2v) is 9.59. The molecule has 0 saturated carbocycles. The summed E-state index contributed by atoms with van der Waals surface area (Å²) in [6.07, 6.45) is -5.05. The maximum absolute atomic E-state index is 16.2. The number of carbonyl (C=O) groups excluding carboxylic acids is 3. The van der Waals surface area contributed by atoms with Crippen molar-refractivity contribution in [1.82, 2.24) is 9.55 Å². The topological polar surface area (TPSA) is 184 Å². The summed E-state index contributed by atoms with van der Waals surface area (Å²) in [6.45, 7) is 0.561. The molecule has 2 heterocycles. The minimum absolute atomic E-state index is 0.0254. The van der Waals surface area contributed by atoms with Gasteiger partial charge in [0, 0.05) is 16.1 Å². The summed E-state index contributed by atoms with van der Waals surface area (Å²) in [4.78, 5) is 56.8. The summed E-state index contributed by atoms with van der Waals surface area (Å²) < 4.78 is 38.0. The number of esters is 3. The van der Waals surface area contributed by atoms with E-state index >= 15 is 4.39 Å². The van der Waals surface area contributed by atoms with Crippen molar-refractivity contribution >= 4 is 35.3 Å². The molecule has 1 saturated heterocycles. The van der Waals surface area contributed by atoms with Crippen LogP contribution in [-0.2, 0) is 23.7 Å². The van der Waals surface area contributed by atoms with Gasteiger partial charge in [-0.05, 0) is 48.9 Å². The first-order chi connectivity index (χ1) is 20.6. The van der Waals surface area contributed by atoms with E-state index in [-0.39, 0.29) is 22.0 Å². The Morgan fingerprint density at radius 3 is 2.56 bits per heavy atom. The monoisotopic (exact) mass is 614 g/mol. The lowest BCUT2D eigenvalue weighted by atomic mass is 10.1. The number of azide groups is 1. The van der Waals surface area contributed by atoms with E-state index in [2.05, 4.69) is 25.1 Å². The molecule has 0 spiro atoms. The molecule has 1 N–H and O–H groups in total. The number of alkyl halides is 1. The first kappa shape index (κ1) is 31.0. The third-order valence-electron chi connectivity index (χ3n) is 6.28. The van der Waals surface area contributed by atoms with Gasteiger partial charge in [0.1, 0.15) is 18.5 Å². The molecule has 0 aliphatic carbocycles. The number of hydrogen-bond donors (Lipinski definition) is 1. The Morgan fingerprint density at radius 2 is 1.91 bits per heavy atom. The quantitative estimate of drug-likeness (QED) is 0.116. The van der Waals surface area contributed by atoms with E-state index in [9.17, 15) is 24.7 Å². The smallest absolute Gasteiger partial charge is 0.351 e. The van der Waals surface area contributed by atoms with Crippen LogP contribution in [0.15, 0.2) is 76.8 Å². The molecule has 3 aromatic rings. The van der Waals surface area contributed by atoms with Gasteiger partial charge in [0.2, 0.25) is 5.72 Å². The van der Waals surface area contributed by atoms with E-state index < -0.39 is 60.5 Å². The van der Waals surface area contributed by atoms with Crippen molar-refractivity contribution in [3.8, 4) is 0 Å². The molecule has 5 atom stereocenters. The van der Waals surface area contributed by atoms with E-state index in [0.717, 1.165) is 10.8 Å². The number of aromatic nitrogens is 2. The molecule has 1 fully saturated rings. The van der Waals surface area contributed by atoms with E-state index in [1.165, 1.54) is 56.5 Å². The van der Waals surface area contributed by atoms with Gasteiger partial charge in [0.25, 0.3) is 0 Å². The molecule has 3 unspecified atom stereocenters. The molecule has 0 radical (unpaired) electrons. The van der Waals surface area contributed by atoms with E-state index in [4.69, 9.17) is 25.8 Å². The van der Waals surface area contributed by atoms with Gasteiger partial charge in [-0.25, -0.2) is 23.6 Å². The summed E-state index contributed by atoms with van der Waals surface area (Å²) in [5.41, 5.74) is 5.98. The van der Waals surface area contributed by atoms with Gasteiger partial charge in [-0.2, -0.15) is 4.98 Å². The van der Waals surface area contributed by atoms with Crippen LogP contribution in [0.2, 0.25) is 5.02 Å². The SMILES string of the molecule is COC(=O)C(C)Nc1ccn(C2O[C@@](COC(=O)c3cccc(Cl)c3)(N=[N+]=[N-])C(OC(=O)c3ccccc3)[C@@H]2F)c(=O)n1. The Balaban J connectivity index is 1.68. The molecule has 43 heavy (non-hydrogen) atoms. The average Bonchev–Trinajstić information content (AvgIpc) is 3.26. The number of nitrogens with one attached hydrogen (secondary N) is 1. The van der Waals surface area contributed by atoms with Crippen molar-refractivity contribution in [1.29, 1.82) is 0 Å². The summed E-state index contributed by atoms with van der Waals surface area (Å²) in [6, 6.07) is 13.7. The van der Waals surface area contributed by atoms with Crippen LogP contribution in [0.3, 0.4) is 0 Å². The normalized spacial score (nSPS) is 21.6. The third kappa shape index (κ3) is 6.92. The minimum atomic E-state index is -2.45. The zero-order valence-corrected chi connectivity index (χ0v) is 23.4. The molecule has 0 bridgehead atoms. The molecular formula is C27H24ClFN6O8. The van der Waals surface area contributed by atoms with Gasteiger partial charge < -0.3 is 24.3 Å². The Morgan fingerprint density at radius 1 is 1.19 bits per heavy atom. The number of carbonyl (C=O) groups is 3.